The molecule has 138 valence electrons. The standard InChI is InChI=1S/C21H26N2O3/c1-3-5-11-20(24)22-17-12-13-19(18(14-17)21(25)26)23(4-2)15-16-9-7-6-8-10-16/h6-10,12-14H,3-5,11,15H2,1-2H3,(H,22,24)(H,25,26). The Morgan fingerprint density at radius 1 is 1.08 bits per heavy atom. The maximum absolute atomic E-state index is 11.9. The fourth-order valence-corrected chi connectivity index (χ4v) is 2.79. The second-order valence-electron chi connectivity index (χ2n) is 6.19. The molecule has 2 N–H and O–H groups in total. The highest BCUT2D eigenvalue weighted by Gasteiger charge is 2.17. The first-order valence-corrected chi connectivity index (χ1v) is 9.01. The van der Waals surface area contributed by atoms with E-state index in [9.17, 15) is 14.7 Å². The third-order valence-electron chi connectivity index (χ3n) is 4.21. The summed E-state index contributed by atoms with van der Waals surface area (Å²) in [5.41, 5.74) is 2.47. The van der Waals surface area contributed by atoms with Gasteiger partial charge in [0.05, 0.1) is 11.3 Å². The van der Waals surface area contributed by atoms with Crippen molar-refractivity contribution in [3.63, 3.8) is 0 Å². The number of carbonyl (C=O) groups excluding carboxylic acids is 1. The van der Waals surface area contributed by atoms with Crippen molar-refractivity contribution in [2.24, 2.45) is 0 Å². The van der Waals surface area contributed by atoms with E-state index in [1.54, 1.807) is 12.1 Å². The van der Waals surface area contributed by atoms with Gasteiger partial charge in [-0.05, 0) is 37.1 Å². The van der Waals surface area contributed by atoms with E-state index in [0.717, 1.165) is 18.4 Å². The third-order valence-corrected chi connectivity index (χ3v) is 4.21. The highest BCUT2D eigenvalue weighted by atomic mass is 16.4. The Morgan fingerprint density at radius 3 is 2.42 bits per heavy atom. The van der Waals surface area contributed by atoms with Crippen molar-refractivity contribution in [2.45, 2.75) is 39.7 Å². The second kappa shape index (κ2) is 9.61. The summed E-state index contributed by atoms with van der Waals surface area (Å²) in [4.78, 5) is 25.7. The number of benzene rings is 2. The summed E-state index contributed by atoms with van der Waals surface area (Å²) in [6.07, 6.45) is 2.20. The van der Waals surface area contributed by atoms with Crippen molar-refractivity contribution >= 4 is 23.3 Å². The molecule has 0 unspecified atom stereocenters. The Balaban J connectivity index is 2.24. The number of carbonyl (C=O) groups is 2. The molecular weight excluding hydrogens is 328 g/mol. The summed E-state index contributed by atoms with van der Waals surface area (Å²) in [7, 11) is 0. The molecule has 0 radical (unpaired) electrons. The molecular formula is C21H26N2O3. The zero-order chi connectivity index (χ0) is 18.9. The quantitative estimate of drug-likeness (QED) is 0.693. The van der Waals surface area contributed by atoms with E-state index in [4.69, 9.17) is 0 Å². The predicted molar refractivity (Wildman–Crippen MR) is 105 cm³/mol. The normalized spacial score (nSPS) is 10.4. The predicted octanol–water partition coefficient (Wildman–Crippen LogP) is 4.54. The number of anilines is 2. The number of unbranched alkanes of at least 4 members (excludes halogenated alkanes) is 1. The van der Waals surface area contributed by atoms with Gasteiger partial charge in [0.15, 0.2) is 0 Å². The minimum Gasteiger partial charge on any atom is -0.478 e. The lowest BCUT2D eigenvalue weighted by atomic mass is 10.1. The Morgan fingerprint density at radius 2 is 1.81 bits per heavy atom. The first-order valence-electron chi connectivity index (χ1n) is 9.01. The van der Waals surface area contributed by atoms with Gasteiger partial charge >= 0.3 is 5.97 Å². The van der Waals surface area contributed by atoms with Crippen LogP contribution in [0.5, 0.6) is 0 Å². The Kier molecular flexibility index (Phi) is 7.21. The van der Waals surface area contributed by atoms with Crippen molar-refractivity contribution in [2.75, 3.05) is 16.8 Å². The lowest BCUT2D eigenvalue weighted by molar-refractivity contribution is -0.116. The molecule has 0 atom stereocenters. The summed E-state index contributed by atoms with van der Waals surface area (Å²) in [5.74, 6) is -1.09. The molecule has 0 spiro atoms. The number of aromatic carboxylic acids is 1. The van der Waals surface area contributed by atoms with E-state index in [1.165, 1.54) is 6.07 Å². The second-order valence-corrected chi connectivity index (χ2v) is 6.19. The van der Waals surface area contributed by atoms with E-state index >= 15 is 0 Å². The molecule has 0 aliphatic heterocycles. The van der Waals surface area contributed by atoms with Gasteiger partial charge < -0.3 is 15.3 Å². The van der Waals surface area contributed by atoms with Crippen molar-refractivity contribution in [3.05, 3.63) is 59.7 Å². The number of nitrogens with one attached hydrogen (secondary N) is 1. The molecule has 5 heteroatoms. The molecule has 2 aromatic carbocycles. The maximum atomic E-state index is 11.9. The van der Waals surface area contributed by atoms with Crippen LogP contribution in [0.3, 0.4) is 0 Å². The Labute approximate surface area is 154 Å². The van der Waals surface area contributed by atoms with Gasteiger partial charge in [-0.3, -0.25) is 4.79 Å². The van der Waals surface area contributed by atoms with Crippen molar-refractivity contribution in [1.29, 1.82) is 0 Å². The molecule has 1 amide bonds. The van der Waals surface area contributed by atoms with Gasteiger partial charge in [0.2, 0.25) is 5.91 Å². The molecule has 0 fully saturated rings. The highest BCUT2D eigenvalue weighted by Crippen LogP contribution is 2.26. The average molecular weight is 354 g/mol. The first kappa shape index (κ1) is 19.5. The topological polar surface area (TPSA) is 69.6 Å². The number of hydrogen-bond donors (Lipinski definition) is 2. The van der Waals surface area contributed by atoms with Crippen LogP contribution in [0.2, 0.25) is 0 Å². The van der Waals surface area contributed by atoms with E-state index in [-0.39, 0.29) is 11.5 Å². The van der Waals surface area contributed by atoms with Crippen LogP contribution < -0.4 is 10.2 Å². The zero-order valence-corrected chi connectivity index (χ0v) is 15.4. The number of hydrogen-bond acceptors (Lipinski definition) is 3. The zero-order valence-electron chi connectivity index (χ0n) is 15.4. The van der Waals surface area contributed by atoms with Crippen LogP contribution in [0.4, 0.5) is 11.4 Å². The number of carboxylic acids is 1. The van der Waals surface area contributed by atoms with Crippen LogP contribution in [0.25, 0.3) is 0 Å². The summed E-state index contributed by atoms with van der Waals surface area (Å²) in [6.45, 7) is 5.32. The molecule has 26 heavy (non-hydrogen) atoms. The highest BCUT2D eigenvalue weighted by molar-refractivity contribution is 5.98. The number of rotatable bonds is 9. The average Bonchev–Trinajstić information content (AvgIpc) is 2.65. The van der Waals surface area contributed by atoms with E-state index in [1.807, 2.05) is 49.1 Å². The monoisotopic (exact) mass is 354 g/mol. The molecule has 0 heterocycles. The summed E-state index contributed by atoms with van der Waals surface area (Å²) >= 11 is 0. The lowest BCUT2D eigenvalue weighted by Gasteiger charge is -2.25. The van der Waals surface area contributed by atoms with Gasteiger partial charge in [0.1, 0.15) is 0 Å². The van der Waals surface area contributed by atoms with Crippen molar-refractivity contribution in [3.8, 4) is 0 Å². The van der Waals surface area contributed by atoms with Crippen molar-refractivity contribution < 1.29 is 14.7 Å². The molecule has 2 aromatic rings. The summed E-state index contributed by atoms with van der Waals surface area (Å²) < 4.78 is 0. The van der Waals surface area contributed by atoms with Crippen LogP contribution in [0.15, 0.2) is 48.5 Å². The van der Waals surface area contributed by atoms with Crippen LogP contribution in [0.1, 0.15) is 49.0 Å². The van der Waals surface area contributed by atoms with Gasteiger partial charge in [0, 0.05) is 25.2 Å². The fraction of sp³-hybridized carbons (Fsp3) is 0.333. The minimum absolute atomic E-state index is 0.0902. The molecule has 0 aromatic heterocycles. The fourth-order valence-electron chi connectivity index (χ4n) is 2.79. The van der Waals surface area contributed by atoms with Crippen LogP contribution in [0, 0.1) is 0 Å². The molecule has 0 aliphatic carbocycles. The smallest absolute Gasteiger partial charge is 0.337 e. The van der Waals surface area contributed by atoms with E-state index in [0.29, 0.717) is 30.9 Å². The Bertz CT molecular complexity index is 744. The summed E-state index contributed by atoms with van der Waals surface area (Å²) in [5, 5.41) is 12.4. The van der Waals surface area contributed by atoms with Gasteiger partial charge in [-0.15, -0.1) is 0 Å². The minimum atomic E-state index is -1.00. The van der Waals surface area contributed by atoms with Gasteiger partial charge in [-0.1, -0.05) is 43.7 Å². The van der Waals surface area contributed by atoms with Crippen LogP contribution in [-0.2, 0) is 11.3 Å². The summed E-state index contributed by atoms with van der Waals surface area (Å²) in [6, 6.07) is 15.0. The SMILES string of the molecule is CCCCC(=O)Nc1ccc(N(CC)Cc2ccccc2)c(C(=O)O)c1. The van der Waals surface area contributed by atoms with E-state index < -0.39 is 5.97 Å². The van der Waals surface area contributed by atoms with Crippen LogP contribution in [-0.4, -0.2) is 23.5 Å². The third kappa shape index (κ3) is 5.34. The van der Waals surface area contributed by atoms with Crippen molar-refractivity contribution in [1.82, 2.24) is 0 Å². The molecule has 0 saturated heterocycles. The van der Waals surface area contributed by atoms with E-state index in [2.05, 4.69) is 5.32 Å². The van der Waals surface area contributed by atoms with Gasteiger partial charge in [-0.25, -0.2) is 4.79 Å². The molecule has 5 nitrogen and oxygen atoms in total. The van der Waals surface area contributed by atoms with Crippen LogP contribution >= 0.6 is 0 Å². The van der Waals surface area contributed by atoms with Gasteiger partial charge in [-0.2, -0.15) is 0 Å². The first-order chi connectivity index (χ1) is 12.5. The lowest BCUT2D eigenvalue weighted by Crippen LogP contribution is -2.24. The Hall–Kier alpha value is -2.82. The number of nitrogens with zero attached hydrogens (tertiary/aromatic N) is 1. The molecule has 0 bridgehead atoms. The maximum Gasteiger partial charge on any atom is 0.337 e. The number of amides is 1. The van der Waals surface area contributed by atoms with Gasteiger partial charge in [0.25, 0.3) is 0 Å². The number of carboxylic acid groups (broad SMARTS) is 1. The largest absolute Gasteiger partial charge is 0.478 e. The molecule has 0 saturated carbocycles. The molecule has 2 rings (SSSR count). The molecule has 0 aliphatic rings.